The summed E-state index contributed by atoms with van der Waals surface area (Å²) in [6, 6.07) is 3.11. The Morgan fingerprint density at radius 2 is 2.15 bits per heavy atom. The molecule has 20 heavy (non-hydrogen) atoms. The van der Waals surface area contributed by atoms with Crippen LogP contribution in [-0.2, 0) is 14.8 Å². The summed E-state index contributed by atoms with van der Waals surface area (Å²) in [4.78, 5) is 11.0. The smallest absolute Gasteiger partial charge is 0.244 e. The first-order valence-electron chi connectivity index (χ1n) is 6.07. The van der Waals surface area contributed by atoms with Crippen LogP contribution in [0, 0.1) is 11.7 Å². The van der Waals surface area contributed by atoms with E-state index in [1.165, 1.54) is 4.31 Å². The SMILES string of the molecule is NC(=O)C1CCCN(S(=O)(=O)c2ccc(F)cc2Cl)C1. The molecule has 0 bridgehead atoms. The molecule has 1 heterocycles. The van der Waals surface area contributed by atoms with E-state index in [4.69, 9.17) is 17.3 Å². The van der Waals surface area contributed by atoms with Gasteiger partial charge in [-0.25, -0.2) is 12.8 Å². The Hall–Kier alpha value is -1.18. The molecule has 5 nitrogen and oxygen atoms in total. The van der Waals surface area contributed by atoms with E-state index in [9.17, 15) is 17.6 Å². The molecule has 1 unspecified atom stereocenters. The van der Waals surface area contributed by atoms with Crippen molar-refractivity contribution in [1.29, 1.82) is 0 Å². The molecule has 1 fully saturated rings. The summed E-state index contributed by atoms with van der Waals surface area (Å²) < 4.78 is 39.1. The molecule has 0 saturated carbocycles. The Morgan fingerprint density at radius 3 is 2.75 bits per heavy atom. The molecule has 1 amide bonds. The maximum absolute atomic E-state index is 13.0. The van der Waals surface area contributed by atoms with Gasteiger partial charge in [0, 0.05) is 13.1 Å². The first kappa shape index (κ1) is 15.2. The molecule has 2 N–H and O–H groups in total. The Kier molecular flexibility index (Phi) is 4.31. The molecule has 1 atom stereocenters. The zero-order valence-corrected chi connectivity index (χ0v) is 12.1. The Morgan fingerprint density at radius 1 is 1.45 bits per heavy atom. The van der Waals surface area contributed by atoms with Crippen LogP contribution in [0.3, 0.4) is 0 Å². The summed E-state index contributed by atoms with van der Waals surface area (Å²) in [6.07, 6.45) is 1.12. The minimum atomic E-state index is -3.85. The normalized spacial score (nSPS) is 20.8. The number of nitrogens with two attached hydrogens (primary N) is 1. The van der Waals surface area contributed by atoms with Gasteiger partial charge in [-0.2, -0.15) is 4.31 Å². The third kappa shape index (κ3) is 2.94. The Bertz CT molecular complexity index is 636. The number of nitrogens with zero attached hydrogens (tertiary/aromatic N) is 1. The van der Waals surface area contributed by atoms with Crippen LogP contribution in [0.5, 0.6) is 0 Å². The fraction of sp³-hybridized carbons (Fsp3) is 0.417. The maximum Gasteiger partial charge on any atom is 0.244 e. The first-order chi connectivity index (χ1) is 9.32. The topological polar surface area (TPSA) is 80.5 Å². The van der Waals surface area contributed by atoms with Crippen LogP contribution in [0.4, 0.5) is 4.39 Å². The van der Waals surface area contributed by atoms with Crippen LogP contribution in [0.1, 0.15) is 12.8 Å². The van der Waals surface area contributed by atoms with Crippen LogP contribution in [-0.4, -0.2) is 31.7 Å². The van der Waals surface area contributed by atoms with Crippen LogP contribution >= 0.6 is 11.6 Å². The molecule has 1 aromatic rings. The maximum atomic E-state index is 13.0. The number of carbonyl (C=O) groups excluding carboxylic acids is 1. The van der Waals surface area contributed by atoms with E-state index in [0.717, 1.165) is 18.2 Å². The molecule has 0 spiro atoms. The van der Waals surface area contributed by atoms with Gasteiger partial charge in [0.25, 0.3) is 0 Å². The molecule has 1 aliphatic rings. The van der Waals surface area contributed by atoms with Gasteiger partial charge in [-0.3, -0.25) is 4.79 Å². The van der Waals surface area contributed by atoms with Crippen LogP contribution in [0.15, 0.2) is 23.1 Å². The minimum absolute atomic E-state index is 0.0331. The predicted octanol–water partition coefficient (Wildman–Crippen LogP) is 1.37. The monoisotopic (exact) mass is 320 g/mol. The number of benzene rings is 1. The lowest BCUT2D eigenvalue weighted by Crippen LogP contribution is -2.44. The van der Waals surface area contributed by atoms with Gasteiger partial charge in [-0.15, -0.1) is 0 Å². The van der Waals surface area contributed by atoms with Crippen molar-refractivity contribution >= 4 is 27.5 Å². The lowest BCUT2D eigenvalue weighted by Gasteiger charge is -2.30. The van der Waals surface area contributed by atoms with Crippen molar-refractivity contribution in [1.82, 2.24) is 4.31 Å². The highest BCUT2D eigenvalue weighted by molar-refractivity contribution is 7.89. The van der Waals surface area contributed by atoms with Gasteiger partial charge in [0.15, 0.2) is 0 Å². The molecule has 1 aliphatic heterocycles. The molecular weight excluding hydrogens is 307 g/mol. The fourth-order valence-corrected chi connectivity index (χ4v) is 4.25. The van der Waals surface area contributed by atoms with Crippen LogP contribution < -0.4 is 5.73 Å². The number of piperidine rings is 1. The van der Waals surface area contributed by atoms with Gasteiger partial charge in [0.1, 0.15) is 10.7 Å². The predicted molar refractivity (Wildman–Crippen MR) is 72.1 cm³/mol. The lowest BCUT2D eigenvalue weighted by atomic mass is 9.99. The van der Waals surface area contributed by atoms with Crippen molar-refractivity contribution in [3.63, 3.8) is 0 Å². The summed E-state index contributed by atoms with van der Waals surface area (Å²) in [5.41, 5.74) is 5.23. The van der Waals surface area contributed by atoms with E-state index >= 15 is 0 Å². The lowest BCUT2D eigenvalue weighted by molar-refractivity contribution is -0.122. The van der Waals surface area contributed by atoms with Gasteiger partial charge >= 0.3 is 0 Å². The van der Waals surface area contributed by atoms with Crippen LogP contribution in [0.25, 0.3) is 0 Å². The first-order valence-corrected chi connectivity index (χ1v) is 7.88. The molecule has 0 radical (unpaired) electrons. The van der Waals surface area contributed by atoms with Crippen molar-refractivity contribution in [2.24, 2.45) is 11.7 Å². The molecule has 0 aromatic heterocycles. The minimum Gasteiger partial charge on any atom is -0.369 e. The number of rotatable bonds is 3. The van der Waals surface area contributed by atoms with Crippen molar-refractivity contribution in [2.45, 2.75) is 17.7 Å². The molecule has 1 saturated heterocycles. The van der Waals surface area contributed by atoms with E-state index in [0.29, 0.717) is 19.4 Å². The van der Waals surface area contributed by atoms with E-state index in [1.807, 2.05) is 0 Å². The highest BCUT2D eigenvalue weighted by atomic mass is 35.5. The Labute approximate surface area is 121 Å². The van der Waals surface area contributed by atoms with Crippen molar-refractivity contribution in [2.75, 3.05) is 13.1 Å². The third-order valence-electron chi connectivity index (χ3n) is 3.30. The summed E-state index contributed by atoms with van der Waals surface area (Å²) in [5.74, 6) is -1.63. The largest absolute Gasteiger partial charge is 0.369 e. The quantitative estimate of drug-likeness (QED) is 0.913. The summed E-state index contributed by atoms with van der Waals surface area (Å²) in [6.45, 7) is 0.325. The second kappa shape index (κ2) is 5.67. The third-order valence-corrected chi connectivity index (χ3v) is 5.65. The van der Waals surface area contributed by atoms with E-state index in [-0.39, 0.29) is 16.5 Å². The number of primary amides is 1. The number of halogens is 2. The second-order valence-corrected chi connectivity index (χ2v) is 6.99. The molecule has 2 rings (SSSR count). The Balaban J connectivity index is 2.32. The second-order valence-electron chi connectivity index (χ2n) is 4.68. The number of hydrogen-bond acceptors (Lipinski definition) is 3. The fourth-order valence-electron chi connectivity index (χ4n) is 2.22. The van der Waals surface area contributed by atoms with E-state index < -0.39 is 27.7 Å². The van der Waals surface area contributed by atoms with Gasteiger partial charge < -0.3 is 5.73 Å². The van der Waals surface area contributed by atoms with Gasteiger partial charge in [-0.1, -0.05) is 11.6 Å². The van der Waals surface area contributed by atoms with Crippen LogP contribution in [0.2, 0.25) is 5.02 Å². The summed E-state index contributed by atoms with van der Waals surface area (Å²) in [7, 11) is -3.85. The number of hydrogen-bond donors (Lipinski definition) is 1. The summed E-state index contributed by atoms with van der Waals surface area (Å²) >= 11 is 5.79. The van der Waals surface area contributed by atoms with Crippen molar-refractivity contribution in [3.8, 4) is 0 Å². The van der Waals surface area contributed by atoms with E-state index in [2.05, 4.69) is 0 Å². The molecular formula is C12H14ClFN2O3S. The average Bonchev–Trinajstić information content (AvgIpc) is 2.38. The number of carbonyl (C=O) groups is 1. The molecule has 8 heteroatoms. The average molecular weight is 321 g/mol. The van der Waals surface area contributed by atoms with E-state index in [1.54, 1.807) is 0 Å². The summed E-state index contributed by atoms with van der Waals surface area (Å²) in [5, 5.41) is -0.175. The number of amides is 1. The van der Waals surface area contributed by atoms with Crippen molar-refractivity contribution < 1.29 is 17.6 Å². The zero-order chi connectivity index (χ0) is 14.9. The molecule has 110 valence electrons. The molecule has 1 aromatic carbocycles. The zero-order valence-electron chi connectivity index (χ0n) is 10.6. The molecule has 0 aliphatic carbocycles. The number of sulfonamides is 1. The highest BCUT2D eigenvalue weighted by Crippen LogP contribution is 2.28. The highest BCUT2D eigenvalue weighted by Gasteiger charge is 2.33. The van der Waals surface area contributed by atoms with Gasteiger partial charge in [0.05, 0.1) is 10.9 Å². The van der Waals surface area contributed by atoms with Gasteiger partial charge in [0.2, 0.25) is 15.9 Å². The van der Waals surface area contributed by atoms with Crippen molar-refractivity contribution in [3.05, 3.63) is 29.0 Å². The standard InChI is InChI=1S/C12H14ClFN2O3S/c13-10-6-9(14)3-4-11(10)20(18,19)16-5-1-2-8(7-16)12(15)17/h3-4,6,8H,1-2,5,7H2,(H2,15,17). The van der Waals surface area contributed by atoms with Gasteiger partial charge in [-0.05, 0) is 31.0 Å².